The molecule has 0 saturated heterocycles. The van der Waals surface area contributed by atoms with Crippen molar-refractivity contribution in [3.05, 3.63) is 23.1 Å². The summed E-state index contributed by atoms with van der Waals surface area (Å²) in [4.78, 5) is 0. The minimum atomic E-state index is -4.92. The van der Waals surface area contributed by atoms with Crippen LogP contribution in [0.4, 0.5) is 0 Å². The Morgan fingerprint density at radius 2 is 2.06 bits per heavy atom. The van der Waals surface area contributed by atoms with E-state index in [1.165, 1.54) is 11.4 Å². The number of rotatable bonds is 0. The molecule has 0 bridgehead atoms. The van der Waals surface area contributed by atoms with Crippen molar-refractivity contribution in [1.29, 1.82) is 0 Å². The van der Waals surface area contributed by atoms with E-state index in [1.54, 1.807) is 6.92 Å². The second-order valence-corrected chi connectivity index (χ2v) is 7.72. The highest BCUT2D eigenvalue weighted by molar-refractivity contribution is 8.18. The lowest BCUT2D eigenvalue weighted by molar-refractivity contribution is 0.366. The first-order valence-electron chi connectivity index (χ1n) is 4.45. The Balaban J connectivity index is 0.000000249. The topological polar surface area (TPSA) is 112 Å². The molecule has 1 atom stereocenters. The molecule has 1 N–H and O–H groups in total. The van der Waals surface area contributed by atoms with E-state index < -0.39 is 20.2 Å². The van der Waals surface area contributed by atoms with Gasteiger partial charge in [-0.2, -0.15) is 0 Å². The standard InChI is InChI=1S/C8H9O2S2.H2O4S/c1-6-2-3-7-4-5-11-8(7)12(6,9)10;1-5(2,3)4/h3-6H,2H2,1H3;(H2,1,2,3,4)/q+1;/p-1/t6-;/m0./s1. The maximum absolute atomic E-state index is 11.7. The minimum absolute atomic E-state index is 0.247. The predicted octanol–water partition coefficient (Wildman–Crippen LogP) is -0.136. The van der Waals surface area contributed by atoms with Gasteiger partial charge in [-0.25, -0.2) is 16.8 Å². The quantitative estimate of drug-likeness (QED) is 0.288. The Morgan fingerprint density at radius 3 is 2.59 bits per heavy atom. The lowest BCUT2D eigenvalue weighted by Gasteiger charge is -2.12. The maximum atomic E-state index is 11.7. The van der Waals surface area contributed by atoms with Crippen molar-refractivity contribution in [1.82, 2.24) is 0 Å². The summed E-state index contributed by atoms with van der Waals surface area (Å²) in [6.07, 6.45) is 4.51. The third-order valence-electron chi connectivity index (χ3n) is 2.12. The van der Waals surface area contributed by atoms with Crippen LogP contribution in [0.2, 0.25) is 0 Å². The lowest BCUT2D eigenvalue weighted by atomic mass is 10.2. The molecule has 0 aromatic rings. The average Bonchev–Trinajstić information content (AvgIpc) is 2.58. The third-order valence-corrected chi connectivity index (χ3v) is 5.83. The summed E-state index contributed by atoms with van der Waals surface area (Å²) < 4.78 is 56.7. The van der Waals surface area contributed by atoms with E-state index in [0.29, 0.717) is 10.6 Å². The molecule has 2 heterocycles. The molecule has 0 aromatic carbocycles. The monoisotopic (exact) mass is 298 g/mol. The highest BCUT2D eigenvalue weighted by Crippen LogP contribution is 2.24. The zero-order valence-electron chi connectivity index (χ0n) is 8.73. The summed E-state index contributed by atoms with van der Waals surface area (Å²) >= 11 is 1.32. The van der Waals surface area contributed by atoms with Crippen molar-refractivity contribution >= 4 is 35.8 Å². The molecule has 96 valence electrons. The second-order valence-electron chi connectivity index (χ2n) is 3.39. The molecule has 0 unspecified atom stereocenters. The van der Waals surface area contributed by atoms with Crippen LogP contribution in [0.15, 0.2) is 23.1 Å². The summed E-state index contributed by atoms with van der Waals surface area (Å²) in [6, 6.07) is 0. The van der Waals surface area contributed by atoms with Crippen molar-refractivity contribution in [2.75, 3.05) is 0 Å². The molecular formula is C8H10O6S3. The first-order valence-corrected chi connectivity index (χ1v) is 8.24. The zero-order valence-corrected chi connectivity index (χ0v) is 11.2. The van der Waals surface area contributed by atoms with Crippen LogP contribution in [0.1, 0.15) is 13.3 Å². The number of allylic oxidation sites excluding steroid dienone is 2. The van der Waals surface area contributed by atoms with Gasteiger partial charge in [-0.3, -0.25) is 4.55 Å². The number of fused-ring (bicyclic) bond motifs is 1. The lowest BCUT2D eigenvalue weighted by Crippen LogP contribution is -2.29. The molecule has 0 aliphatic carbocycles. The fraction of sp³-hybridized carbons (Fsp3) is 0.375. The fourth-order valence-electron chi connectivity index (χ4n) is 1.29. The molecule has 0 amide bonds. The van der Waals surface area contributed by atoms with E-state index in [2.05, 4.69) is 0 Å². The molecule has 0 aromatic heterocycles. The molecule has 2 aliphatic rings. The van der Waals surface area contributed by atoms with Crippen molar-refractivity contribution in [2.45, 2.75) is 18.6 Å². The molecule has 0 spiro atoms. The largest absolute Gasteiger partial charge is 0.726 e. The van der Waals surface area contributed by atoms with E-state index >= 15 is 0 Å². The molecule has 9 heteroatoms. The van der Waals surface area contributed by atoms with Crippen LogP contribution in [0, 0.1) is 0 Å². The van der Waals surface area contributed by atoms with Crippen LogP contribution in [0.3, 0.4) is 0 Å². The summed E-state index contributed by atoms with van der Waals surface area (Å²) in [7, 11) is -7.91. The van der Waals surface area contributed by atoms with E-state index in [-0.39, 0.29) is 5.25 Å². The summed E-state index contributed by atoms with van der Waals surface area (Å²) in [5.41, 5.74) is 0.887. The van der Waals surface area contributed by atoms with Crippen LogP contribution in [-0.2, 0) is 31.6 Å². The van der Waals surface area contributed by atoms with E-state index in [0.717, 1.165) is 5.57 Å². The van der Waals surface area contributed by atoms with Crippen molar-refractivity contribution in [2.24, 2.45) is 0 Å². The van der Waals surface area contributed by atoms with Gasteiger partial charge in [-0.15, -0.1) is 0 Å². The Morgan fingerprint density at radius 1 is 1.53 bits per heavy atom. The smallest absolute Gasteiger partial charge is 0.327 e. The Labute approximate surface area is 103 Å². The van der Waals surface area contributed by atoms with Gasteiger partial charge in [-0.1, -0.05) is 6.08 Å². The fourth-order valence-corrected chi connectivity index (χ4v) is 4.31. The first kappa shape index (κ1) is 14.5. The van der Waals surface area contributed by atoms with Crippen molar-refractivity contribution in [3.63, 3.8) is 0 Å². The summed E-state index contributed by atoms with van der Waals surface area (Å²) in [5, 5.41) is 1.58. The van der Waals surface area contributed by atoms with Crippen LogP contribution in [-0.4, -0.2) is 35.4 Å². The van der Waals surface area contributed by atoms with Gasteiger partial charge >= 0.3 is 4.20 Å². The molecule has 2 rings (SSSR count). The molecule has 0 radical (unpaired) electrons. The molecular weight excluding hydrogens is 288 g/mol. The Hall–Kier alpha value is -0.610. The SMILES string of the molecule is C[C@H]1CC=C2C=C[S+]=C2S1(=O)=O.O=S(=O)([O-])O. The van der Waals surface area contributed by atoms with Crippen molar-refractivity contribution < 1.29 is 25.9 Å². The summed E-state index contributed by atoms with van der Waals surface area (Å²) in [5.74, 6) is 0. The third kappa shape index (κ3) is 3.96. The van der Waals surface area contributed by atoms with E-state index in [4.69, 9.17) is 17.5 Å². The number of sulfone groups is 1. The molecule has 0 fully saturated rings. The minimum Gasteiger partial charge on any atom is -0.726 e. The van der Waals surface area contributed by atoms with Gasteiger partial charge in [0.15, 0.2) is 5.41 Å². The van der Waals surface area contributed by atoms with Crippen LogP contribution in [0.5, 0.6) is 0 Å². The molecule has 0 saturated carbocycles. The van der Waals surface area contributed by atoms with Gasteiger partial charge in [0.1, 0.15) is 0 Å². The number of hydrogen-bond acceptors (Lipinski definition) is 5. The average molecular weight is 298 g/mol. The molecule has 17 heavy (non-hydrogen) atoms. The van der Waals surface area contributed by atoms with Crippen LogP contribution in [0.25, 0.3) is 0 Å². The highest BCUT2D eigenvalue weighted by atomic mass is 32.3. The normalized spacial score (nSPS) is 25.2. The predicted molar refractivity (Wildman–Crippen MR) is 64.9 cm³/mol. The van der Waals surface area contributed by atoms with Gasteiger partial charge < -0.3 is 4.55 Å². The second kappa shape index (κ2) is 4.94. The van der Waals surface area contributed by atoms with Crippen molar-refractivity contribution in [3.8, 4) is 0 Å². The zero-order chi connectivity index (χ0) is 13.3. The van der Waals surface area contributed by atoms with E-state index in [1.807, 2.05) is 17.6 Å². The maximum Gasteiger partial charge on any atom is 0.327 e. The van der Waals surface area contributed by atoms with Gasteiger partial charge in [-0.05, 0) is 13.3 Å². The van der Waals surface area contributed by atoms with Gasteiger partial charge in [0.2, 0.25) is 31.6 Å². The Kier molecular flexibility index (Phi) is 4.20. The van der Waals surface area contributed by atoms with Crippen LogP contribution >= 0.6 is 0 Å². The first-order chi connectivity index (χ1) is 7.62. The van der Waals surface area contributed by atoms with Gasteiger partial charge in [0.25, 0.3) is 0 Å². The summed E-state index contributed by atoms with van der Waals surface area (Å²) in [6.45, 7) is 1.76. The highest BCUT2D eigenvalue weighted by Gasteiger charge is 2.40. The van der Waals surface area contributed by atoms with Gasteiger partial charge in [0.05, 0.1) is 10.8 Å². The van der Waals surface area contributed by atoms with Crippen LogP contribution < -0.4 is 0 Å². The molecule has 6 nitrogen and oxygen atoms in total. The van der Waals surface area contributed by atoms with E-state index in [9.17, 15) is 8.42 Å². The van der Waals surface area contributed by atoms with Gasteiger partial charge in [0, 0.05) is 6.08 Å². The number of hydrogen-bond donors (Lipinski definition) is 1. The Bertz CT molecular complexity index is 585. The molecule has 2 aliphatic heterocycles.